The van der Waals surface area contributed by atoms with Gasteiger partial charge < -0.3 is 19.9 Å². The lowest BCUT2D eigenvalue weighted by Gasteiger charge is -2.37. The SMILES string of the molecule is CC(C)N1CCCC(N2CCC(Oc3cccc(C(=O)Nc4ccncc4)n3)CC2)CC1. The highest BCUT2D eigenvalue weighted by atomic mass is 16.5. The molecule has 0 aromatic carbocycles. The van der Waals surface area contributed by atoms with Gasteiger partial charge in [-0.1, -0.05) is 6.07 Å². The summed E-state index contributed by atoms with van der Waals surface area (Å²) in [5.74, 6) is 0.271. The first-order valence-electron chi connectivity index (χ1n) is 11.9. The predicted octanol–water partition coefficient (Wildman–Crippen LogP) is 3.84. The Morgan fingerprint density at radius 3 is 2.56 bits per heavy atom. The van der Waals surface area contributed by atoms with Crippen molar-refractivity contribution in [2.24, 2.45) is 0 Å². The normalized spacial score (nSPS) is 21.3. The van der Waals surface area contributed by atoms with E-state index < -0.39 is 0 Å². The third kappa shape index (κ3) is 6.04. The second-order valence-corrected chi connectivity index (χ2v) is 9.12. The molecule has 2 fully saturated rings. The van der Waals surface area contributed by atoms with Crippen LogP contribution in [0.4, 0.5) is 5.69 Å². The molecule has 0 saturated carbocycles. The molecule has 2 aliphatic heterocycles. The molecule has 2 aromatic heterocycles. The lowest BCUT2D eigenvalue weighted by atomic mass is 10.0. The minimum atomic E-state index is -0.250. The summed E-state index contributed by atoms with van der Waals surface area (Å²) in [6.07, 6.45) is 9.28. The van der Waals surface area contributed by atoms with Gasteiger partial charge in [0.15, 0.2) is 0 Å². The van der Waals surface area contributed by atoms with E-state index in [2.05, 4.69) is 38.9 Å². The standard InChI is InChI=1S/C25H35N5O2/c1-19(2)29-15-4-5-21(10-16-29)30-17-11-22(12-18-30)32-24-7-3-6-23(28-24)25(31)27-20-8-13-26-14-9-20/h3,6-9,13-14,19,21-22H,4-5,10-12,15-18H2,1-2H3,(H,26,27,31). The average Bonchev–Trinajstić information content (AvgIpc) is 3.07. The van der Waals surface area contributed by atoms with E-state index in [1.54, 1.807) is 30.6 Å². The van der Waals surface area contributed by atoms with Crippen molar-refractivity contribution >= 4 is 11.6 Å². The number of amides is 1. The van der Waals surface area contributed by atoms with E-state index in [0.29, 0.717) is 29.3 Å². The molecule has 2 aromatic rings. The van der Waals surface area contributed by atoms with E-state index in [9.17, 15) is 4.79 Å². The van der Waals surface area contributed by atoms with Gasteiger partial charge in [0.25, 0.3) is 5.91 Å². The van der Waals surface area contributed by atoms with E-state index in [1.165, 1.54) is 32.4 Å². The Kier molecular flexibility index (Phi) is 7.71. The van der Waals surface area contributed by atoms with Crippen molar-refractivity contribution in [3.05, 3.63) is 48.4 Å². The van der Waals surface area contributed by atoms with Crippen molar-refractivity contribution in [3.8, 4) is 5.88 Å². The number of aromatic nitrogens is 2. The number of hydrogen-bond donors (Lipinski definition) is 1. The van der Waals surface area contributed by atoms with Crippen LogP contribution in [0, 0.1) is 0 Å². The maximum absolute atomic E-state index is 12.5. The van der Waals surface area contributed by atoms with Crippen molar-refractivity contribution in [2.75, 3.05) is 31.5 Å². The van der Waals surface area contributed by atoms with Gasteiger partial charge in [0, 0.05) is 49.3 Å². The number of likely N-dealkylation sites (tertiary alicyclic amines) is 2. The number of carbonyl (C=O) groups is 1. The molecule has 2 aliphatic rings. The maximum atomic E-state index is 12.5. The van der Waals surface area contributed by atoms with Crippen molar-refractivity contribution in [3.63, 3.8) is 0 Å². The van der Waals surface area contributed by atoms with Crippen LogP contribution in [0.3, 0.4) is 0 Å². The summed E-state index contributed by atoms with van der Waals surface area (Å²) in [7, 11) is 0. The molecule has 1 N–H and O–H groups in total. The van der Waals surface area contributed by atoms with Gasteiger partial charge in [-0.2, -0.15) is 0 Å². The van der Waals surface area contributed by atoms with Crippen LogP contribution in [-0.2, 0) is 0 Å². The lowest BCUT2D eigenvalue weighted by molar-refractivity contribution is 0.0672. The molecular weight excluding hydrogens is 402 g/mol. The Balaban J connectivity index is 1.27. The van der Waals surface area contributed by atoms with Crippen LogP contribution in [0.25, 0.3) is 0 Å². The van der Waals surface area contributed by atoms with Gasteiger partial charge in [-0.25, -0.2) is 4.98 Å². The van der Waals surface area contributed by atoms with E-state index in [0.717, 1.165) is 25.9 Å². The van der Waals surface area contributed by atoms with Gasteiger partial charge in [-0.05, 0) is 77.2 Å². The molecule has 7 heteroatoms. The summed E-state index contributed by atoms with van der Waals surface area (Å²) in [4.78, 5) is 26.2. The highest BCUT2D eigenvalue weighted by molar-refractivity contribution is 6.02. The topological polar surface area (TPSA) is 70.6 Å². The summed E-state index contributed by atoms with van der Waals surface area (Å²) in [5.41, 5.74) is 1.05. The molecule has 2 saturated heterocycles. The summed E-state index contributed by atoms with van der Waals surface area (Å²) in [5, 5.41) is 2.84. The highest BCUT2D eigenvalue weighted by Gasteiger charge is 2.28. The lowest BCUT2D eigenvalue weighted by Crippen LogP contribution is -2.44. The third-order valence-electron chi connectivity index (χ3n) is 6.64. The number of piperidine rings is 1. The average molecular weight is 438 g/mol. The molecule has 4 heterocycles. The molecule has 7 nitrogen and oxygen atoms in total. The van der Waals surface area contributed by atoms with Crippen molar-refractivity contribution in [2.45, 2.75) is 64.1 Å². The van der Waals surface area contributed by atoms with Gasteiger partial charge in [0.1, 0.15) is 11.8 Å². The number of carbonyl (C=O) groups excluding carboxylic acids is 1. The molecule has 1 atom stereocenters. The molecular formula is C25H35N5O2. The molecule has 0 aliphatic carbocycles. The van der Waals surface area contributed by atoms with Crippen LogP contribution in [0.5, 0.6) is 5.88 Å². The van der Waals surface area contributed by atoms with Gasteiger partial charge in [-0.15, -0.1) is 0 Å². The van der Waals surface area contributed by atoms with Gasteiger partial charge in [0.2, 0.25) is 5.88 Å². The summed E-state index contributed by atoms with van der Waals surface area (Å²) in [6, 6.07) is 10.2. The van der Waals surface area contributed by atoms with Crippen LogP contribution in [-0.4, -0.2) is 70.0 Å². The number of nitrogens with one attached hydrogen (secondary N) is 1. The Bertz CT molecular complexity index is 868. The predicted molar refractivity (Wildman–Crippen MR) is 126 cm³/mol. The zero-order chi connectivity index (χ0) is 22.3. The largest absolute Gasteiger partial charge is 0.474 e. The Hall–Kier alpha value is -2.51. The smallest absolute Gasteiger partial charge is 0.274 e. The van der Waals surface area contributed by atoms with Gasteiger partial charge in [-0.3, -0.25) is 9.78 Å². The second-order valence-electron chi connectivity index (χ2n) is 9.12. The Labute approximate surface area is 191 Å². The number of rotatable bonds is 6. The number of pyridine rings is 2. The third-order valence-corrected chi connectivity index (χ3v) is 6.64. The molecule has 1 amide bonds. The molecule has 1 unspecified atom stereocenters. The van der Waals surface area contributed by atoms with Crippen LogP contribution < -0.4 is 10.1 Å². The Morgan fingerprint density at radius 2 is 1.81 bits per heavy atom. The van der Waals surface area contributed by atoms with Crippen LogP contribution in [0.1, 0.15) is 56.4 Å². The van der Waals surface area contributed by atoms with Crippen LogP contribution >= 0.6 is 0 Å². The molecule has 0 spiro atoms. The first-order chi connectivity index (χ1) is 15.6. The number of anilines is 1. The van der Waals surface area contributed by atoms with E-state index in [-0.39, 0.29) is 12.0 Å². The van der Waals surface area contributed by atoms with E-state index >= 15 is 0 Å². The second kappa shape index (κ2) is 10.9. The fourth-order valence-electron chi connectivity index (χ4n) is 4.75. The van der Waals surface area contributed by atoms with Crippen molar-refractivity contribution in [1.29, 1.82) is 0 Å². The minimum absolute atomic E-state index is 0.148. The fourth-order valence-corrected chi connectivity index (χ4v) is 4.75. The van der Waals surface area contributed by atoms with Crippen LogP contribution in [0.15, 0.2) is 42.7 Å². The summed E-state index contributed by atoms with van der Waals surface area (Å²) < 4.78 is 6.17. The summed E-state index contributed by atoms with van der Waals surface area (Å²) in [6.45, 7) is 9.17. The fraction of sp³-hybridized carbons (Fsp3) is 0.560. The quantitative estimate of drug-likeness (QED) is 0.741. The first-order valence-corrected chi connectivity index (χ1v) is 11.9. The number of nitrogens with zero attached hydrogens (tertiary/aromatic N) is 4. The van der Waals surface area contributed by atoms with Crippen molar-refractivity contribution in [1.82, 2.24) is 19.8 Å². The minimum Gasteiger partial charge on any atom is -0.474 e. The zero-order valence-corrected chi connectivity index (χ0v) is 19.2. The number of hydrogen-bond acceptors (Lipinski definition) is 6. The van der Waals surface area contributed by atoms with Crippen molar-refractivity contribution < 1.29 is 9.53 Å². The maximum Gasteiger partial charge on any atom is 0.274 e. The van der Waals surface area contributed by atoms with E-state index in [4.69, 9.17) is 4.74 Å². The molecule has 4 rings (SSSR count). The monoisotopic (exact) mass is 437 g/mol. The number of ether oxygens (including phenoxy) is 1. The Morgan fingerprint density at radius 1 is 1.03 bits per heavy atom. The van der Waals surface area contributed by atoms with Gasteiger partial charge in [0.05, 0.1) is 0 Å². The highest BCUT2D eigenvalue weighted by Crippen LogP contribution is 2.24. The molecule has 32 heavy (non-hydrogen) atoms. The van der Waals surface area contributed by atoms with Gasteiger partial charge >= 0.3 is 0 Å². The summed E-state index contributed by atoms with van der Waals surface area (Å²) >= 11 is 0. The first kappa shape index (κ1) is 22.7. The molecule has 172 valence electrons. The molecule has 0 radical (unpaired) electrons. The zero-order valence-electron chi connectivity index (χ0n) is 19.2. The van der Waals surface area contributed by atoms with E-state index in [1.807, 2.05) is 12.1 Å². The molecule has 0 bridgehead atoms. The van der Waals surface area contributed by atoms with Crippen LogP contribution in [0.2, 0.25) is 0 Å².